The van der Waals surface area contributed by atoms with Crippen LogP contribution in [0, 0.1) is 11.7 Å². The Kier molecular flexibility index (Phi) is 6.66. The number of Topliss-reactive ketones (excluding diaryl/α,β-unsaturated/α-hetero) is 1. The Morgan fingerprint density at radius 3 is 2.41 bits per heavy atom. The molecule has 0 saturated carbocycles. The van der Waals surface area contributed by atoms with Gasteiger partial charge in [-0.1, -0.05) is 11.6 Å². The number of esters is 1. The minimum absolute atomic E-state index is 0.0363. The number of sulfonamides is 1. The zero-order chi connectivity index (χ0) is 21.0. The van der Waals surface area contributed by atoms with E-state index in [1.807, 2.05) is 0 Å². The minimum Gasteiger partial charge on any atom is -0.457 e. The molecule has 1 unspecified atom stereocenters. The van der Waals surface area contributed by atoms with Crippen LogP contribution >= 0.6 is 11.6 Å². The lowest BCUT2D eigenvalue weighted by molar-refractivity contribution is -0.148. The smallest absolute Gasteiger partial charge is 0.310 e. The molecule has 6 nitrogen and oxygen atoms in total. The molecule has 1 heterocycles. The van der Waals surface area contributed by atoms with E-state index in [4.69, 9.17) is 16.3 Å². The third-order valence-electron chi connectivity index (χ3n) is 4.68. The number of ether oxygens (including phenoxy) is 1. The SMILES string of the molecule is O=C(COC(=O)C1CCCN(S(=O)(=O)c2ccc(F)cc2)C1)c1ccc(Cl)cc1. The van der Waals surface area contributed by atoms with Crippen molar-refractivity contribution in [3.8, 4) is 0 Å². The molecule has 0 N–H and O–H groups in total. The summed E-state index contributed by atoms with van der Waals surface area (Å²) in [6.07, 6.45) is 0.939. The number of carbonyl (C=O) groups is 2. The lowest BCUT2D eigenvalue weighted by Gasteiger charge is -2.30. The quantitative estimate of drug-likeness (QED) is 0.509. The minimum atomic E-state index is -3.84. The van der Waals surface area contributed by atoms with Gasteiger partial charge in [-0.3, -0.25) is 9.59 Å². The maximum absolute atomic E-state index is 13.1. The number of hydrogen-bond acceptors (Lipinski definition) is 5. The first-order valence-electron chi connectivity index (χ1n) is 8.98. The van der Waals surface area contributed by atoms with Crippen LogP contribution in [0.3, 0.4) is 0 Å². The van der Waals surface area contributed by atoms with E-state index in [0.29, 0.717) is 23.4 Å². The van der Waals surface area contributed by atoms with Gasteiger partial charge in [0, 0.05) is 23.7 Å². The fourth-order valence-electron chi connectivity index (χ4n) is 3.08. The first-order chi connectivity index (χ1) is 13.8. The van der Waals surface area contributed by atoms with E-state index in [0.717, 1.165) is 12.1 Å². The second kappa shape index (κ2) is 9.02. The number of halogens is 2. The van der Waals surface area contributed by atoms with Crippen molar-refractivity contribution in [2.45, 2.75) is 17.7 Å². The monoisotopic (exact) mass is 439 g/mol. The van der Waals surface area contributed by atoms with Gasteiger partial charge in [-0.15, -0.1) is 0 Å². The van der Waals surface area contributed by atoms with Crippen LogP contribution in [0.1, 0.15) is 23.2 Å². The molecule has 0 aromatic heterocycles. The molecule has 0 radical (unpaired) electrons. The molecular weight excluding hydrogens is 421 g/mol. The molecule has 154 valence electrons. The van der Waals surface area contributed by atoms with E-state index in [1.165, 1.54) is 28.6 Å². The molecule has 0 spiro atoms. The van der Waals surface area contributed by atoms with Crippen molar-refractivity contribution in [3.05, 3.63) is 64.9 Å². The average Bonchev–Trinajstić information content (AvgIpc) is 2.72. The first-order valence-corrected chi connectivity index (χ1v) is 10.8. The van der Waals surface area contributed by atoms with Gasteiger partial charge in [0.1, 0.15) is 5.82 Å². The predicted molar refractivity (Wildman–Crippen MR) is 105 cm³/mol. The normalized spacial score (nSPS) is 17.7. The molecule has 1 aliphatic rings. The maximum atomic E-state index is 13.1. The second-order valence-corrected chi connectivity index (χ2v) is 9.07. The van der Waals surface area contributed by atoms with Crippen molar-refractivity contribution < 1.29 is 27.1 Å². The summed E-state index contributed by atoms with van der Waals surface area (Å²) in [4.78, 5) is 24.5. The molecule has 0 aliphatic carbocycles. The standard InChI is InChI=1S/C20H19ClFNO5S/c21-16-5-3-14(4-6-16)19(24)13-28-20(25)15-2-1-11-23(12-15)29(26,27)18-9-7-17(22)8-10-18/h3-10,15H,1-2,11-13H2. The molecule has 1 fully saturated rings. The van der Waals surface area contributed by atoms with Gasteiger partial charge >= 0.3 is 5.97 Å². The van der Waals surface area contributed by atoms with Gasteiger partial charge in [-0.2, -0.15) is 4.31 Å². The number of benzene rings is 2. The fraction of sp³-hybridized carbons (Fsp3) is 0.300. The summed E-state index contributed by atoms with van der Waals surface area (Å²) >= 11 is 5.78. The highest BCUT2D eigenvalue weighted by molar-refractivity contribution is 7.89. The highest BCUT2D eigenvalue weighted by Crippen LogP contribution is 2.25. The Hall–Kier alpha value is -2.29. The van der Waals surface area contributed by atoms with Gasteiger partial charge in [0.05, 0.1) is 10.8 Å². The highest BCUT2D eigenvalue weighted by Gasteiger charge is 2.34. The summed E-state index contributed by atoms with van der Waals surface area (Å²) in [6.45, 7) is -0.220. The molecular formula is C20H19ClFNO5S. The lowest BCUT2D eigenvalue weighted by atomic mass is 10.00. The van der Waals surface area contributed by atoms with E-state index in [-0.39, 0.29) is 23.8 Å². The molecule has 9 heteroatoms. The highest BCUT2D eigenvalue weighted by atomic mass is 35.5. The summed E-state index contributed by atoms with van der Waals surface area (Å²) < 4.78 is 44.8. The molecule has 3 rings (SSSR count). The van der Waals surface area contributed by atoms with Crippen LogP contribution in [0.15, 0.2) is 53.4 Å². The topological polar surface area (TPSA) is 80.8 Å². The van der Waals surface area contributed by atoms with Gasteiger partial charge < -0.3 is 4.74 Å². The number of rotatable bonds is 6. The van der Waals surface area contributed by atoms with Crippen LogP contribution in [0.25, 0.3) is 0 Å². The van der Waals surface area contributed by atoms with Gasteiger partial charge in [-0.25, -0.2) is 12.8 Å². The van der Waals surface area contributed by atoms with Gasteiger partial charge in [0.2, 0.25) is 10.0 Å². The number of hydrogen-bond donors (Lipinski definition) is 0. The molecule has 2 aromatic rings. The van der Waals surface area contributed by atoms with Gasteiger partial charge in [0.25, 0.3) is 0 Å². The van der Waals surface area contributed by atoms with Crippen LogP contribution in [0.2, 0.25) is 5.02 Å². The zero-order valence-corrected chi connectivity index (χ0v) is 17.0. The fourth-order valence-corrected chi connectivity index (χ4v) is 4.73. The Bertz CT molecular complexity index is 993. The summed E-state index contributed by atoms with van der Waals surface area (Å²) in [5.41, 5.74) is 0.367. The van der Waals surface area contributed by atoms with Gasteiger partial charge in [-0.05, 0) is 61.4 Å². The van der Waals surface area contributed by atoms with Crippen LogP contribution in [-0.4, -0.2) is 44.2 Å². The summed E-state index contributed by atoms with van der Waals surface area (Å²) in [5.74, 6) is -2.20. The van der Waals surface area contributed by atoms with E-state index >= 15 is 0 Å². The number of ketones is 1. The number of nitrogens with zero attached hydrogens (tertiary/aromatic N) is 1. The van der Waals surface area contributed by atoms with E-state index in [2.05, 4.69) is 0 Å². The summed E-state index contributed by atoms with van der Waals surface area (Å²) in [5, 5.41) is 0.489. The van der Waals surface area contributed by atoms with E-state index in [9.17, 15) is 22.4 Å². The maximum Gasteiger partial charge on any atom is 0.310 e. The summed E-state index contributed by atoms with van der Waals surface area (Å²) in [6, 6.07) is 10.7. The van der Waals surface area contributed by atoms with Crippen LogP contribution in [-0.2, 0) is 19.6 Å². The van der Waals surface area contributed by atoms with E-state index in [1.54, 1.807) is 12.1 Å². The molecule has 1 saturated heterocycles. The van der Waals surface area contributed by atoms with Crippen LogP contribution in [0.5, 0.6) is 0 Å². The van der Waals surface area contributed by atoms with Crippen molar-refractivity contribution in [1.29, 1.82) is 0 Å². The Labute approximate surface area is 173 Å². The molecule has 0 bridgehead atoms. The third-order valence-corrected chi connectivity index (χ3v) is 6.81. The molecule has 1 aliphatic heterocycles. The number of piperidine rings is 1. The van der Waals surface area contributed by atoms with E-state index < -0.39 is 34.3 Å². The second-order valence-electron chi connectivity index (χ2n) is 6.69. The molecule has 29 heavy (non-hydrogen) atoms. The van der Waals surface area contributed by atoms with Gasteiger partial charge in [0.15, 0.2) is 12.4 Å². The average molecular weight is 440 g/mol. The van der Waals surface area contributed by atoms with Crippen molar-refractivity contribution in [1.82, 2.24) is 4.31 Å². The lowest BCUT2D eigenvalue weighted by Crippen LogP contribution is -2.43. The molecule has 0 amide bonds. The van der Waals surface area contributed by atoms with Crippen molar-refractivity contribution in [2.75, 3.05) is 19.7 Å². The molecule has 2 aromatic carbocycles. The first kappa shape index (κ1) is 21.4. The predicted octanol–water partition coefficient (Wildman–Crippen LogP) is 3.31. The Balaban J connectivity index is 1.61. The number of carbonyl (C=O) groups excluding carboxylic acids is 2. The Morgan fingerprint density at radius 2 is 1.76 bits per heavy atom. The largest absolute Gasteiger partial charge is 0.457 e. The third kappa shape index (κ3) is 5.20. The molecule has 1 atom stereocenters. The van der Waals surface area contributed by atoms with Crippen molar-refractivity contribution in [3.63, 3.8) is 0 Å². The van der Waals surface area contributed by atoms with Crippen molar-refractivity contribution >= 4 is 33.4 Å². The van der Waals surface area contributed by atoms with Crippen LogP contribution in [0.4, 0.5) is 4.39 Å². The van der Waals surface area contributed by atoms with Crippen molar-refractivity contribution in [2.24, 2.45) is 5.92 Å². The van der Waals surface area contributed by atoms with Crippen LogP contribution < -0.4 is 0 Å². The zero-order valence-electron chi connectivity index (χ0n) is 15.4. The summed E-state index contributed by atoms with van der Waals surface area (Å²) in [7, 11) is -3.84. The Morgan fingerprint density at radius 1 is 1.10 bits per heavy atom.